The predicted molar refractivity (Wildman–Crippen MR) is 72.7 cm³/mol. The van der Waals surface area contributed by atoms with Crippen LogP contribution in [0.15, 0.2) is 0 Å². The zero-order valence-electron chi connectivity index (χ0n) is 11.2. The summed E-state index contributed by atoms with van der Waals surface area (Å²) in [5, 5.41) is 14.1. The molecule has 1 aromatic rings. The van der Waals surface area contributed by atoms with Gasteiger partial charge in [-0.15, -0.1) is 0 Å². The summed E-state index contributed by atoms with van der Waals surface area (Å²) in [6, 6.07) is 0.587. The van der Waals surface area contributed by atoms with Gasteiger partial charge in [0.15, 0.2) is 0 Å². The molecule has 2 rings (SSSR count). The van der Waals surface area contributed by atoms with Crippen LogP contribution in [0.3, 0.4) is 0 Å². The molecule has 1 saturated heterocycles. The van der Waals surface area contributed by atoms with E-state index in [1.165, 1.54) is 12.8 Å². The minimum absolute atomic E-state index is 0.288. The second-order valence-corrected chi connectivity index (χ2v) is 5.48. The average molecular weight is 272 g/mol. The maximum atomic E-state index is 8.94. The molecule has 0 saturated carbocycles. The molecule has 5 heteroatoms. The van der Waals surface area contributed by atoms with E-state index in [2.05, 4.69) is 10.00 Å². The Balaban J connectivity index is 2.03. The number of likely N-dealkylation sites (tertiary alicyclic amines) is 1. The van der Waals surface area contributed by atoms with Crippen LogP contribution in [-0.2, 0) is 13.6 Å². The van der Waals surface area contributed by atoms with Crippen LogP contribution in [0.1, 0.15) is 37.1 Å². The molecule has 0 spiro atoms. The zero-order chi connectivity index (χ0) is 13.1. The van der Waals surface area contributed by atoms with E-state index < -0.39 is 0 Å². The van der Waals surface area contributed by atoms with Crippen molar-refractivity contribution in [1.82, 2.24) is 14.7 Å². The highest BCUT2D eigenvalue weighted by Gasteiger charge is 2.26. The fraction of sp³-hybridized carbons (Fsp3) is 0.769. The van der Waals surface area contributed by atoms with E-state index in [1.54, 1.807) is 0 Å². The van der Waals surface area contributed by atoms with Crippen LogP contribution >= 0.6 is 11.6 Å². The fourth-order valence-corrected chi connectivity index (χ4v) is 3.02. The Hall–Kier alpha value is -0.580. The SMILES string of the molecule is Cc1nn(C)c(CN2CCCC2CCCO)c1Cl. The number of halogens is 1. The summed E-state index contributed by atoms with van der Waals surface area (Å²) in [5.41, 5.74) is 2.00. The molecule has 1 aliphatic rings. The minimum atomic E-state index is 0.288. The Bertz CT molecular complexity index is 405. The highest BCUT2D eigenvalue weighted by Crippen LogP contribution is 2.27. The number of hydrogen-bond donors (Lipinski definition) is 1. The first kappa shape index (κ1) is 13.8. The smallest absolute Gasteiger partial charge is 0.0860 e. The highest BCUT2D eigenvalue weighted by atomic mass is 35.5. The Morgan fingerprint density at radius 3 is 2.89 bits per heavy atom. The van der Waals surface area contributed by atoms with Gasteiger partial charge < -0.3 is 5.11 Å². The largest absolute Gasteiger partial charge is 0.396 e. The topological polar surface area (TPSA) is 41.3 Å². The lowest BCUT2D eigenvalue weighted by Crippen LogP contribution is -2.30. The highest BCUT2D eigenvalue weighted by molar-refractivity contribution is 6.31. The van der Waals surface area contributed by atoms with Crippen molar-refractivity contribution < 1.29 is 5.11 Å². The molecule has 102 valence electrons. The van der Waals surface area contributed by atoms with Crippen molar-refractivity contribution in [2.75, 3.05) is 13.2 Å². The van der Waals surface area contributed by atoms with E-state index in [0.717, 1.165) is 42.3 Å². The van der Waals surface area contributed by atoms with E-state index in [4.69, 9.17) is 16.7 Å². The molecular weight excluding hydrogens is 250 g/mol. The number of aromatic nitrogens is 2. The first-order valence-corrected chi connectivity index (χ1v) is 7.04. The summed E-state index contributed by atoms with van der Waals surface area (Å²) in [6.45, 7) is 4.22. The van der Waals surface area contributed by atoms with Crippen molar-refractivity contribution in [1.29, 1.82) is 0 Å². The van der Waals surface area contributed by atoms with E-state index >= 15 is 0 Å². The first-order valence-electron chi connectivity index (χ1n) is 6.66. The minimum Gasteiger partial charge on any atom is -0.396 e. The van der Waals surface area contributed by atoms with Crippen LogP contribution in [-0.4, -0.2) is 39.0 Å². The molecule has 0 bridgehead atoms. The van der Waals surface area contributed by atoms with Crippen LogP contribution in [0.5, 0.6) is 0 Å². The summed E-state index contributed by atoms with van der Waals surface area (Å²) in [4.78, 5) is 2.47. The Kier molecular flexibility index (Phi) is 4.65. The van der Waals surface area contributed by atoms with Gasteiger partial charge in [0.05, 0.1) is 16.4 Å². The van der Waals surface area contributed by atoms with Gasteiger partial charge in [-0.3, -0.25) is 9.58 Å². The third-order valence-corrected chi connectivity index (χ3v) is 4.30. The number of aliphatic hydroxyl groups is 1. The van der Waals surface area contributed by atoms with Gasteiger partial charge >= 0.3 is 0 Å². The van der Waals surface area contributed by atoms with Crippen LogP contribution in [0.25, 0.3) is 0 Å². The maximum absolute atomic E-state index is 8.94. The van der Waals surface area contributed by atoms with Crippen molar-refractivity contribution in [2.45, 2.75) is 45.2 Å². The van der Waals surface area contributed by atoms with E-state index in [0.29, 0.717) is 6.04 Å². The van der Waals surface area contributed by atoms with Crippen molar-refractivity contribution >= 4 is 11.6 Å². The lowest BCUT2D eigenvalue weighted by molar-refractivity contribution is 0.206. The summed E-state index contributed by atoms with van der Waals surface area (Å²) in [6.07, 6.45) is 4.43. The van der Waals surface area contributed by atoms with Crippen LogP contribution in [0, 0.1) is 6.92 Å². The molecule has 1 fully saturated rings. The van der Waals surface area contributed by atoms with Gasteiger partial charge in [-0.2, -0.15) is 5.10 Å². The van der Waals surface area contributed by atoms with Crippen LogP contribution < -0.4 is 0 Å². The van der Waals surface area contributed by atoms with Gasteiger partial charge in [0.1, 0.15) is 0 Å². The van der Waals surface area contributed by atoms with E-state index in [-0.39, 0.29) is 6.61 Å². The fourth-order valence-electron chi connectivity index (χ4n) is 2.80. The standard InChI is InChI=1S/C13H22ClN3O/c1-10-13(14)12(16(2)15-10)9-17-7-3-5-11(17)6-4-8-18/h11,18H,3-9H2,1-2H3. The molecule has 1 aromatic heterocycles. The van der Waals surface area contributed by atoms with Gasteiger partial charge in [0.25, 0.3) is 0 Å². The molecule has 1 aliphatic heterocycles. The summed E-state index contributed by atoms with van der Waals surface area (Å²) < 4.78 is 1.89. The zero-order valence-corrected chi connectivity index (χ0v) is 11.9. The molecular formula is C13H22ClN3O. The predicted octanol–water partition coefficient (Wildman–Crippen LogP) is 2.12. The average Bonchev–Trinajstić information content (AvgIpc) is 2.87. The number of aryl methyl sites for hydroxylation is 2. The molecule has 0 aromatic carbocycles. The molecule has 0 aliphatic carbocycles. The second kappa shape index (κ2) is 6.04. The Morgan fingerprint density at radius 1 is 1.50 bits per heavy atom. The summed E-state index contributed by atoms with van der Waals surface area (Å²) in [5.74, 6) is 0. The maximum Gasteiger partial charge on any atom is 0.0860 e. The number of hydrogen-bond acceptors (Lipinski definition) is 3. The lowest BCUT2D eigenvalue weighted by atomic mass is 10.1. The van der Waals surface area contributed by atoms with Gasteiger partial charge in [0.2, 0.25) is 0 Å². The van der Waals surface area contributed by atoms with Gasteiger partial charge in [-0.05, 0) is 39.2 Å². The monoisotopic (exact) mass is 271 g/mol. The Morgan fingerprint density at radius 2 is 2.28 bits per heavy atom. The molecule has 1 unspecified atom stereocenters. The quantitative estimate of drug-likeness (QED) is 0.892. The normalized spacial score (nSPS) is 20.8. The molecule has 1 N–H and O–H groups in total. The van der Waals surface area contributed by atoms with Crippen molar-refractivity contribution in [3.8, 4) is 0 Å². The number of aliphatic hydroxyl groups excluding tert-OH is 1. The molecule has 18 heavy (non-hydrogen) atoms. The lowest BCUT2D eigenvalue weighted by Gasteiger charge is -2.24. The van der Waals surface area contributed by atoms with Crippen molar-refractivity contribution in [2.24, 2.45) is 7.05 Å². The van der Waals surface area contributed by atoms with Gasteiger partial charge in [0, 0.05) is 26.2 Å². The number of nitrogens with zero attached hydrogens (tertiary/aromatic N) is 3. The molecule has 2 heterocycles. The van der Waals surface area contributed by atoms with E-state index in [1.807, 2.05) is 18.7 Å². The molecule has 1 atom stereocenters. The second-order valence-electron chi connectivity index (χ2n) is 5.10. The van der Waals surface area contributed by atoms with Crippen molar-refractivity contribution in [3.63, 3.8) is 0 Å². The third-order valence-electron chi connectivity index (χ3n) is 3.81. The van der Waals surface area contributed by atoms with Crippen LogP contribution in [0.2, 0.25) is 5.02 Å². The molecule has 0 radical (unpaired) electrons. The summed E-state index contributed by atoms with van der Waals surface area (Å²) >= 11 is 6.29. The van der Waals surface area contributed by atoms with Crippen LogP contribution in [0.4, 0.5) is 0 Å². The summed E-state index contributed by atoms with van der Waals surface area (Å²) in [7, 11) is 1.95. The molecule has 0 amide bonds. The van der Waals surface area contributed by atoms with Gasteiger partial charge in [-0.25, -0.2) is 0 Å². The third kappa shape index (κ3) is 2.87. The van der Waals surface area contributed by atoms with E-state index in [9.17, 15) is 0 Å². The first-order chi connectivity index (χ1) is 8.63. The Labute approximate surface area is 114 Å². The van der Waals surface area contributed by atoms with Gasteiger partial charge in [-0.1, -0.05) is 11.6 Å². The van der Waals surface area contributed by atoms with Crippen molar-refractivity contribution in [3.05, 3.63) is 16.4 Å². The molecule has 4 nitrogen and oxygen atoms in total. The number of rotatable bonds is 5.